The molecule has 2 unspecified atom stereocenters. The largest absolute Gasteiger partial charge is 0.469 e. The maximum Gasteiger partial charge on any atom is 0.260 e. The molecule has 1 saturated heterocycles. The summed E-state index contributed by atoms with van der Waals surface area (Å²) in [5, 5.41) is 11.4. The van der Waals surface area contributed by atoms with Crippen molar-refractivity contribution in [3.8, 4) is 0 Å². The first kappa shape index (κ1) is 23.4. The van der Waals surface area contributed by atoms with Gasteiger partial charge in [0, 0.05) is 11.4 Å². The summed E-state index contributed by atoms with van der Waals surface area (Å²) in [6, 6.07) is 1.82. The zero-order valence-electron chi connectivity index (χ0n) is 15.1. The molecule has 0 bridgehead atoms. The molecule has 0 saturated carbocycles. The third kappa shape index (κ3) is 6.21. The van der Waals surface area contributed by atoms with Gasteiger partial charge in [0.2, 0.25) is 5.91 Å². The van der Waals surface area contributed by atoms with Crippen LogP contribution in [0.3, 0.4) is 0 Å². The summed E-state index contributed by atoms with van der Waals surface area (Å²) in [6.07, 6.45) is 2.63. The lowest BCUT2D eigenvalue weighted by Gasteiger charge is -2.30. The minimum absolute atomic E-state index is 0. The second-order valence-corrected chi connectivity index (χ2v) is 7.17. The van der Waals surface area contributed by atoms with E-state index in [0.717, 1.165) is 19.5 Å². The van der Waals surface area contributed by atoms with Crippen molar-refractivity contribution in [2.75, 3.05) is 18.4 Å². The Morgan fingerprint density at radius 1 is 1.41 bits per heavy atom. The maximum atomic E-state index is 12.2. The molecule has 150 valence electrons. The van der Waals surface area contributed by atoms with Crippen LogP contribution in [0.5, 0.6) is 0 Å². The van der Waals surface area contributed by atoms with E-state index in [2.05, 4.69) is 27.9 Å². The third-order valence-corrected chi connectivity index (χ3v) is 5.16. The number of hydrogen-bond acceptors (Lipinski definition) is 6. The van der Waals surface area contributed by atoms with Gasteiger partial charge in [0.25, 0.3) is 5.91 Å². The van der Waals surface area contributed by atoms with Crippen LogP contribution in [-0.2, 0) is 11.2 Å². The van der Waals surface area contributed by atoms with Crippen molar-refractivity contribution in [3.05, 3.63) is 34.7 Å². The van der Waals surface area contributed by atoms with Crippen LogP contribution in [0, 0.1) is 12.8 Å². The van der Waals surface area contributed by atoms with Crippen LogP contribution in [0.4, 0.5) is 5.13 Å². The van der Waals surface area contributed by atoms with Gasteiger partial charge in [0.05, 0.1) is 23.9 Å². The van der Waals surface area contributed by atoms with Gasteiger partial charge in [0.1, 0.15) is 5.76 Å². The summed E-state index contributed by atoms with van der Waals surface area (Å²) in [5.74, 6) is 0.679. The van der Waals surface area contributed by atoms with Gasteiger partial charge in [-0.05, 0) is 38.4 Å². The van der Waals surface area contributed by atoms with E-state index < -0.39 is 0 Å². The van der Waals surface area contributed by atoms with Crippen molar-refractivity contribution in [2.45, 2.75) is 32.7 Å². The molecule has 2 atom stereocenters. The topological polar surface area (TPSA) is 96.3 Å². The zero-order valence-corrected chi connectivity index (χ0v) is 17.6. The molecule has 2 aromatic rings. The van der Waals surface area contributed by atoms with Gasteiger partial charge in [0.15, 0.2) is 5.13 Å². The molecule has 2 aromatic heterocycles. The molecule has 7 nitrogen and oxygen atoms in total. The Balaban J connectivity index is 0.00000182. The highest BCUT2D eigenvalue weighted by atomic mass is 35.5. The Labute approximate surface area is 174 Å². The highest BCUT2D eigenvalue weighted by molar-refractivity contribution is 7.14. The van der Waals surface area contributed by atoms with Crippen molar-refractivity contribution >= 4 is 53.1 Å². The highest BCUT2D eigenvalue weighted by Crippen LogP contribution is 2.18. The first-order valence-electron chi connectivity index (χ1n) is 8.33. The maximum absolute atomic E-state index is 12.2. The molecule has 0 spiro atoms. The van der Waals surface area contributed by atoms with Gasteiger partial charge in [-0.25, -0.2) is 4.98 Å². The number of aromatic nitrogens is 1. The van der Waals surface area contributed by atoms with Gasteiger partial charge in [-0.1, -0.05) is 6.92 Å². The van der Waals surface area contributed by atoms with Crippen molar-refractivity contribution < 1.29 is 14.0 Å². The van der Waals surface area contributed by atoms with Gasteiger partial charge >= 0.3 is 0 Å². The Morgan fingerprint density at radius 3 is 2.85 bits per heavy atom. The van der Waals surface area contributed by atoms with E-state index in [-0.39, 0.29) is 49.1 Å². The van der Waals surface area contributed by atoms with Crippen LogP contribution in [-0.4, -0.2) is 35.9 Å². The monoisotopic (exact) mass is 434 g/mol. The number of anilines is 1. The molecule has 1 aliphatic rings. The third-order valence-electron chi connectivity index (χ3n) is 4.35. The fourth-order valence-corrected chi connectivity index (χ4v) is 3.59. The normalized spacial score (nSPS) is 18.7. The van der Waals surface area contributed by atoms with Crippen LogP contribution in [0.25, 0.3) is 0 Å². The summed E-state index contributed by atoms with van der Waals surface area (Å²) in [6.45, 7) is 5.71. The number of rotatable bonds is 5. The van der Waals surface area contributed by atoms with E-state index in [9.17, 15) is 9.59 Å². The van der Waals surface area contributed by atoms with Crippen LogP contribution >= 0.6 is 36.2 Å². The number of halogens is 2. The first-order chi connectivity index (χ1) is 12.0. The molecule has 27 heavy (non-hydrogen) atoms. The number of hydrogen-bond donors (Lipinski definition) is 3. The molecule has 1 aliphatic heterocycles. The Morgan fingerprint density at radius 2 is 2.19 bits per heavy atom. The summed E-state index contributed by atoms with van der Waals surface area (Å²) in [7, 11) is 0. The van der Waals surface area contributed by atoms with Crippen LogP contribution in [0.2, 0.25) is 0 Å². The number of carbonyl (C=O) groups is 2. The van der Waals surface area contributed by atoms with E-state index in [0.29, 0.717) is 28.1 Å². The molecular formula is C17H24Cl2N4O3S. The fraction of sp³-hybridized carbons (Fsp3) is 0.471. The standard InChI is InChI=1S/C17H22N4O3S.2ClH/c1-10-8-18-5-3-14(10)20-15(22)7-12-9-25-17(19-12)21-16(23)13-4-6-24-11(13)2;;/h4,6,9-10,14,18H,3,5,7-8H2,1-2H3,(H,20,22)(H,19,21,23);2*1H. The molecule has 3 rings (SSSR count). The number of thiazole rings is 1. The SMILES string of the molecule is Cc1occc1C(=O)Nc1nc(CC(=O)NC2CCNCC2C)cs1.Cl.Cl. The minimum atomic E-state index is -0.264. The van der Waals surface area contributed by atoms with Crippen LogP contribution in [0.15, 0.2) is 22.1 Å². The van der Waals surface area contributed by atoms with Gasteiger partial charge in [-0.15, -0.1) is 36.2 Å². The quantitative estimate of drug-likeness (QED) is 0.671. The van der Waals surface area contributed by atoms with E-state index in [4.69, 9.17) is 4.42 Å². The van der Waals surface area contributed by atoms with Crippen molar-refractivity contribution in [2.24, 2.45) is 5.92 Å². The zero-order chi connectivity index (χ0) is 17.8. The summed E-state index contributed by atoms with van der Waals surface area (Å²) in [4.78, 5) is 28.7. The lowest BCUT2D eigenvalue weighted by atomic mass is 9.95. The second-order valence-electron chi connectivity index (χ2n) is 6.31. The number of nitrogens with zero attached hydrogens (tertiary/aromatic N) is 1. The molecule has 3 heterocycles. The lowest BCUT2D eigenvalue weighted by molar-refractivity contribution is -0.121. The van der Waals surface area contributed by atoms with E-state index in [1.165, 1.54) is 17.6 Å². The van der Waals surface area contributed by atoms with Crippen molar-refractivity contribution in [3.63, 3.8) is 0 Å². The predicted molar refractivity (Wildman–Crippen MR) is 110 cm³/mol. The van der Waals surface area contributed by atoms with Crippen LogP contribution < -0.4 is 16.0 Å². The molecule has 2 amide bonds. The number of nitrogens with one attached hydrogen (secondary N) is 3. The highest BCUT2D eigenvalue weighted by Gasteiger charge is 2.23. The summed E-state index contributed by atoms with van der Waals surface area (Å²) >= 11 is 1.31. The summed E-state index contributed by atoms with van der Waals surface area (Å²) in [5.41, 5.74) is 1.14. The summed E-state index contributed by atoms with van der Waals surface area (Å²) < 4.78 is 5.13. The number of piperidine rings is 1. The Bertz CT molecular complexity index is 765. The average molecular weight is 435 g/mol. The molecule has 0 aromatic carbocycles. The molecule has 0 aliphatic carbocycles. The average Bonchev–Trinajstić information content (AvgIpc) is 3.18. The molecule has 0 radical (unpaired) electrons. The Kier molecular flexibility index (Phi) is 9.25. The van der Waals surface area contributed by atoms with E-state index in [1.54, 1.807) is 18.4 Å². The molecule has 1 fully saturated rings. The number of aryl methyl sites for hydroxylation is 1. The van der Waals surface area contributed by atoms with Gasteiger partial charge in [-0.2, -0.15) is 0 Å². The second kappa shape index (κ2) is 10.7. The van der Waals surface area contributed by atoms with Gasteiger partial charge < -0.3 is 15.1 Å². The fourth-order valence-electron chi connectivity index (χ4n) is 2.88. The van der Waals surface area contributed by atoms with Crippen molar-refractivity contribution in [1.82, 2.24) is 15.6 Å². The lowest BCUT2D eigenvalue weighted by Crippen LogP contribution is -2.48. The van der Waals surface area contributed by atoms with E-state index >= 15 is 0 Å². The smallest absolute Gasteiger partial charge is 0.260 e. The molecule has 3 N–H and O–H groups in total. The first-order valence-corrected chi connectivity index (χ1v) is 9.21. The van der Waals surface area contributed by atoms with Crippen LogP contribution in [0.1, 0.15) is 35.2 Å². The number of furan rings is 1. The van der Waals surface area contributed by atoms with Crippen molar-refractivity contribution in [1.29, 1.82) is 0 Å². The molecule has 10 heteroatoms. The molecular weight excluding hydrogens is 411 g/mol. The number of carbonyl (C=O) groups excluding carboxylic acids is 2. The van der Waals surface area contributed by atoms with Gasteiger partial charge in [-0.3, -0.25) is 14.9 Å². The Hall–Kier alpha value is -1.61. The predicted octanol–water partition coefficient (Wildman–Crippen LogP) is 2.80. The van der Waals surface area contributed by atoms with E-state index in [1.807, 2.05) is 0 Å². The number of amides is 2. The minimum Gasteiger partial charge on any atom is -0.469 e.